The third kappa shape index (κ3) is 2.43. The fraction of sp³-hybridized carbons (Fsp3) is 0.909. The number of carbonyl (C=O) groups excluding carboxylic acids is 1. The number of urea groups is 1. The Labute approximate surface area is 91.6 Å². The van der Waals surface area contributed by atoms with Gasteiger partial charge in [-0.05, 0) is 25.8 Å². The molecular formula is C11H21N3O. The minimum atomic E-state index is 0.143. The van der Waals surface area contributed by atoms with E-state index in [-0.39, 0.29) is 6.03 Å². The van der Waals surface area contributed by atoms with Crippen LogP contribution in [0.5, 0.6) is 0 Å². The Morgan fingerprint density at radius 1 is 1.33 bits per heavy atom. The summed E-state index contributed by atoms with van der Waals surface area (Å²) in [5.74, 6) is 0. The van der Waals surface area contributed by atoms with Crippen molar-refractivity contribution in [3.8, 4) is 0 Å². The van der Waals surface area contributed by atoms with Crippen molar-refractivity contribution in [2.24, 2.45) is 0 Å². The lowest BCUT2D eigenvalue weighted by atomic mass is 10.0. The molecule has 2 fully saturated rings. The van der Waals surface area contributed by atoms with Gasteiger partial charge in [-0.25, -0.2) is 4.79 Å². The zero-order valence-electron chi connectivity index (χ0n) is 9.54. The van der Waals surface area contributed by atoms with Crippen LogP contribution in [0.3, 0.4) is 0 Å². The van der Waals surface area contributed by atoms with Crippen molar-refractivity contribution in [3.05, 3.63) is 0 Å². The van der Waals surface area contributed by atoms with Crippen molar-refractivity contribution < 1.29 is 4.79 Å². The van der Waals surface area contributed by atoms with E-state index < -0.39 is 0 Å². The van der Waals surface area contributed by atoms with Gasteiger partial charge in [0.1, 0.15) is 0 Å². The monoisotopic (exact) mass is 211 g/mol. The molecule has 2 aliphatic heterocycles. The fourth-order valence-electron chi connectivity index (χ4n) is 2.61. The summed E-state index contributed by atoms with van der Waals surface area (Å²) in [6.45, 7) is 7.47. The molecule has 0 bridgehead atoms. The van der Waals surface area contributed by atoms with Gasteiger partial charge in [-0.2, -0.15) is 0 Å². The Hall–Kier alpha value is -0.770. The van der Waals surface area contributed by atoms with Gasteiger partial charge in [0.25, 0.3) is 0 Å². The maximum absolute atomic E-state index is 11.5. The number of nitrogens with one attached hydrogen (secondary N) is 1. The summed E-state index contributed by atoms with van der Waals surface area (Å²) in [7, 11) is 0. The van der Waals surface area contributed by atoms with E-state index >= 15 is 0 Å². The van der Waals surface area contributed by atoms with Gasteiger partial charge >= 0.3 is 6.03 Å². The van der Waals surface area contributed by atoms with E-state index in [2.05, 4.69) is 17.1 Å². The zero-order valence-corrected chi connectivity index (χ0v) is 9.54. The van der Waals surface area contributed by atoms with Crippen LogP contribution in [0.2, 0.25) is 0 Å². The third-order valence-corrected chi connectivity index (χ3v) is 3.43. The van der Waals surface area contributed by atoms with Gasteiger partial charge < -0.3 is 15.1 Å². The van der Waals surface area contributed by atoms with Crippen molar-refractivity contribution in [2.45, 2.75) is 32.2 Å². The largest absolute Gasteiger partial charge is 0.336 e. The van der Waals surface area contributed by atoms with Crippen molar-refractivity contribution in [1.82, 2.24) is 15.1 Å². The first-order chi connectivity index (χ1) is 7.31. The first-order valence-corrected chi connectivity index (χ1v) is 6.08. The van der Waals surface area contributed by atoms with E-state index in [9.17, 15) is 4.79 Å². The van der Waals surface area contributed by atoms with Crippen LogP contribution < -0.4 is 5.32 Å². The summed E-state index contributed by atoms with van der Waals surface area (Å²) in [6.07, 6.45) is 3.52. The van der Waals surface area contributed by atoms with E-state index in [4.69, 9.17) is 0 Å². The summed E-state index contributed by atoms with van der Waals surface area (Å²) in [5.41, 5.74) is 0. The number of hydrogen-bond acceptors (Lipinski definition) is 2. The van der Waals surface area contributed by atoms with Gasteiger partial charge in [0.2, 0.25) is 0 Å². The lowest BCUT2D eigenvalue weighted by Gasteiger charge is -2.35. The molecule has 2 amide bonds. The van der Waals surface area contributed by atoms with Gasteiger partial charge in [-0.1, -0.05) is 6.92 Å². The summed E-state index contributed by atoms with van der Waals surface area (Å²) >= 11 is 0. The van der Waals surface area contributed by atoms with Gasteiger partial charge in [0, 0.05) is 32.2 Å². The highest BCUT2D eigenvalue weighted by Gasteiger charge is 2.30. The second kappa shape index (κ2) is 4.84. The molecule has 4 heteroatoms. The van der Waals surface area contributed by atoms with E-state index in [0.29, 0.717) is 6.04 Å². The molecule has 0 radical (unpaired) electrons. The van der Waals surface area contributed by atoms with Gasteiger partial charge in [-0.15, -0.1) is 0 Å². The maximum Gasteiger partial charge on any atom is 0.317 e. The third-order valence-electron chi connectivity index (χ3n) is 3.43. The Morgan fingerprint density at radius 3 is 2.60 bits per heavy atom. The number of rotatable bonds is 3. The molecule has 4 nitrogen and oxygen atoms in total. The predicted octanol–water partition coefficient (Wildman–Crippen LogP) is 0.886. The van der Waals surface area contributed by atoms with E-state index in [1.165, 1.54) is 13.0 Å². The average Bonchev–Trinajstić information content (AvgIpc) is 2.66. The number of hydrogen-bond donors (Lipinski definition) is 1. The molecule has 0 spiro atoms. The zero-order chi connectivity index (χ0) is 10.7. The highest BCUT2D eigenvalue weighted by molar-refractivity contribution is 5.76. The molecule has 86 valence electrons. The molecule has 1 N–H and O–H groups in total. The summed E-state index contributed by atoms with van der Waals surface area (Å²) in [4.78, 5) is 16.0. The number of carbonyl (C=O) groups is 1. The quantitative estimate of drug-likeness (QED) is 0.752. The maximum atomic E-state index is 11.5. The Morgan fingerprint density at radius 2 is 2.07 bits per heavy atom. The van der Waals surface area contributed by atoms with Crippen molar-refractivity contribution >= 4 is 6.03 Å². The molecule has 2 rings (SSSR count). The molecule has 0 aromatic heterocycles. The van der Waals surface area contributed by atoms with E-state index in [1.54, 1.807) is 0 Å². The fourth-order valence-corrected chi connectivity index (χ4v) is 2.61. The second-order valence-corrected chi connectivity index (χ2v) is 4.50. The topological polar surface area (TPSA) is 35.6 Å². The minimum Gasteiger partial charge on any atom is -0.336 e. The van der Waals surface area contributed by atoms with Gasteiger partial charge in [-0.3, -0.25) is 0 Å². The van der Waals surface area contributed by atoms with Crippen LogP contribution >= 0.6 is 0 Å². The van der Waals surface area contributed by atoms with Crippen LogP contribution in [0.4, 0.5) is 4.79 Å². The normalized spacial score (nSPS) is 24.6. The standard InChI is InChI=1S/C11H21N3O/c1-2-6-13-7-3-10(4-8-13)14-9-5-12-11(14)15/h10H,2-9H2,1H3,(H,12,15). The minimum absolute atomic E-state index is 0.143. The second-order valence-electron chi connectivity index (χ2n) is 4.50. The van der Waals surface area contributed by atoms with Crippen LogP contribution in [0.25, 0.3) is 0 Å². The predicted molar refractivity (Wildman–Crippen MR) is 59.9 cm³/mol. The summed E-state index contributed by atoms with van der Waals surface area (Å²) < 4.78 is 0. The average molecular weight is 211 g/mol. The van der Waals surface area contributed by atoms with E-state index in [0.717, 1.165) is 39.0 Å². The van der Waals surface area contributed by atoms with Crippen LogP contribution in [0, 0.1) is 0 Å². The highest BCUT2D eigenvalue weighted by atomic mass is 16.2. The molecule has 0 unspecified atom stereocenters. The number of nitrogens with zero attached hydrogens (tertiary/aromatic N) is 2. The van der Waals surface area contributed by atoms with E-state index in [1.807, 2.05) is 4.90 Å². The molecule has 0 saturated carbocycles. The Bertz CT molecular complexity index is 224. The lowest BCUT2D eigenvalue weighted by Crippen LogP contribution is -2.46. The summed E-state index contributed by atoms with van der Waals surface area (Å²) in [6, 6.07) is 0.629. The number of piperidine rings is 1. The smallest absolute Gasteiger partial charge is 0.317 e. The van der Waals surface area contributed by atoms with Crippen LogP contribution in [0.1, 0.15) is 26.2 Å². The molecule has 2 aliphatic rings. The molecule has 0 aromatic rings. The molecule has 2 saturated heterocycles. The van der Waals surface area contributed by atoms with Crippen LogP contribution in [-0.2, 0) is 0 Å². The SMILES string of the molecule is CCCN1CCC(N2CCNC2=O)CC1. The number of amides is 2. The molecule has 0 aromatic carbocycles. The van der Waals surface area contributed by atoms with Gasteiger partial charge in [0.15, 0.2) is 0 Å². The lowest BCUT2D eigenvalue weighted by molar-refractivity contribution is 0.136. The van der Waals surface area contributed by atoms with Crippen molar-refractivity contribution in [3.63, 3.8) is 0 Å². The first-order valence-electron chi connectivity index (χ1n) is 6.08. The van der Waals surface area contributed by atoms with Crippen LogP contribution in [0.15, 0.2) is 0 Å². The number of likely N-dealkylation sites (tertiary alicyclic amines) is 1. The molecule has 0 atom stereocenters. The molecule has 15 heavy (non-hydrogen) atoms. The highest BCUT2D eigenvalue weighted by Crippen LogP contribution is 2.18. The first kappa shape index (κ1) is 10.7. The molecular weight excluding hydrogens is 190 g/mol. The Balaban J connectivity index is 1.80. The molecule has 2 heterocycles. The van der Waals surface area contributed by atoms with Gasteiger partial charge in [0.05, 0.1) is 0 Å². The molecule has 0 aliphatic carbocycles. The Kier molecular flexibility index (Phi) is 3.46. The van der Waals surface area contributed by atoms with Crippen molar-refractivity contribution in [2.75, 3.05) is 32.7 Å². The van der Waals surface area contributed by atoms with Crippen LogP contribution in [-0.4, -0.2) is 54.6 Å². The van der Waals surface area contributed by atoms with Crippen molar-refractivity contribution in [1.29, 1.82) is 0 Å². The summed E-state index contributed by atoms with van der Waals surface area (Å²) in [5, 5.41) is 2.88.